The Hall–Kier alpha value is -3.17. The molecular formula is C29H35NO6S. The van der Waals surface area contributed by atoms with Crippen molar-refractivity contribution in [3.05, 3.63) is 89.5 Å². The summed E-state index contributed by atoms with van der Waals surface area (Å²) in [6, 6.07) is 22.8. The molecule has 0 aliphatic rings. The molecule has 0 atom stereocenters. The van der Waals surface area contributed by atoms with E-state index in [0.29, 0.717) is 26.4 Å². The van der Waals surface area contributed by atoms with Crippen LogP contribution in [0.3, 0.4) is 0 Å². The molecule has 0 unspecified atom stereocenters. The van der Waals surface area contributed by atoms with Gasteiger partial charge >= 0.3 is 0 Å². The van der Waals surface area contributed by atoms with Crippen molar-refractivity contribution in [2.45, 2.75) is 11.8 Å². The van der Waals surface area contributed by atoms with Crippen LogP contribution in [0.15, 0.2) is 77.7 Å². The van der Waals surface area contributed by atoms with Gasteiger partial charge in [0.2, 0.25) is 0 Å². The molecule has 0 amide bonds. The maximum Gasteiger partial charge on any atom is 0.297 e. The van der Waals surface area contributed by atoms with Gasteiger partial charge in [0.1, 0.15) is 12.4 Å². The van der Waals surface area contributed by atoms with Crippen molar-refractivity contribution in [3.8, 4) is 5.75 Å². The van der Waals surface area contributed by atoms with Gasteiger partial charge in [-0.1, -0.05) is 54.1 Å². The van der Waals surface area contributed by atoms with Gasteiger partial charge in [-0.25, -0.2) is 0 Å². The molecule has 0 spiro atoms. The minimum absolute atomic E-state index is 0.0484. The predicted octanol–water partition coefficient (Wildman–Crippen LogP) is 5.05. The quantitative estimate of drug-likeness (QED) is 0.156. The monoisotopic (exact) mass is 525 g/mol. The first-order chi connectivity index (χ1) is 17.8. The standard InChI is InChI=1S/C29H35NO6S/c1-24-4-16-29(17-5-24)37(31,32)36-23-21-34-19-18-33-20-22-35-28-14-10-26(11-15-28)7-6-25-8-12-27(13-9-25)30(2)3/h4-17H,18-23H2,1-3H3/b7-6+. The summed E-state index contributed by atoms with van der Waals surface area (Å²) in [5.74, 6) is 0.777. The van der Waals surface area contributed by atoms with Crippen molar-refractivity contribution in [3.63, 3.8) is 0 Å². The number of hydrogen-bond donors (Lipinski definition) is 0. The van der Waals surface area contributed by atoms with Crippen LogP contribution in [0, 0.1) is 6.92 Å². The zero-order valence-corrected chi connectivity index (χ0v) is 22.4. The second-order valence-electron chi connectivity index (χ2n) is 8.55. The van der Waals surface area contributed by atoms with Gasteiger partial charge in [0.15, 0.2) is 0 Å². The summed E-state index contributed by atoms with van der Waals surface area (Å²) >= 11 is 0. The Kier molecular flexibility index (Phi) is 11.2. The minimum atomic E-state index is -3.76. The molecule has 0 aliphatic heterocycles. The summed E-state index contributed by atoms with van der Waals surface area (Å²) in [6.07, 6.45) is 4.15. The number of ether oxygens (including phenoxy) is 3. The number of hydrogen-bond acceptors (Lipinski definition) is 7. The van der Waals surface area contributed by atoms with Gasteiger partial charge in [-0.05, 0) is 54.4 Å². The summed E-state index contributed by atoms with van der Waals surface area (Å²) in [6.45, 7) is 3.57. The van der Waals surface area contributed by atoms with E-state index in [1.54, 1.807) is 12.1 Å². The average Bonchev–Trinajstić information content (AvgIpc) is 2.89. The Bertz CT molecular complexity index is 1200. The van der Waals surface area contributed by atoms with Crippen LogP contribution >= 0.6 is 0 Å². The molecule has 3 aromatic carbocycles. The van der Waals surface area contributed by atoms with E-state index in [1.807, 2.05) is 45.3 Å². The van der Waals surface area contributed by atoms with Gasteiger partial charge in [0.25, 0.3) is 10.1 Å². The summed E-state index contributed by atoms with van der Waals surface area (Å²) in [7, 11) is 0.290. The zero-order valence-electron chi connectivity index (χ0n) is 21.6. The fraction of sp³-hybridized carbons (Fsp3) is 0.310. The highest BCUT2D eigenvalue weighted by Gasteiger charge is 2.14. The number of nitrogens with zero attached hydrogens (tertiary/aromatic N) is 1. The van der Waals surface area contributed by atoms with Crippen LogP contribution in [-0.4, -0.2) is 62.2 Å². The smallest absolute Gasteiger partial charge is 0.297 e. The first-order valence-corrected chi connectivity index (χ1v) is 13.5. The lowest BCUT2D eigenvalue weighted by Gasteiger charge is -2.11. The van der Waals surface area contributed by atoms with E-state index in [0.717, 1.165) is 22.4 Å². The van der Waals surface area contributed by atoms with E-state index >= 15 is 0 Å². The average molecular weight is 526 g/mol. The SMILES string of the molecule is Cc1ccc(S(=O)(=O)OCCOCCOCCOc2ccc(/C=C/c3ccc(N(C)C)cc3)cc2)cc1. The lowest BCUT2D eigenvalue weighted by Crippen LogP contribution is -2.14. The van der Waals surface area contributed by atoms with Crippen LogP contribution in [0.1, 0.15) is 16.7 Å². The van der Waals surface area contributed by atoms with Gasteiger partial charge in [-0.2, -0.15) is 8.42 Å². The molecule has 0 heterocycles. The van der Waals surface area contributed by atoms with Crippen LogP contribution in [0.25, 0.3) is 12.2 Å². The Balaban J connectivity index is 1.23. The molecule has 0 radical (unpaired) electrons. The highest BCUT2D eigenvalue weighted by molar-refractivity contribution is 7.86. The fourth-order valence-electron chi connectivity index (χ4n) is 3.27. The second kappa shape index (κ2) is 14.5. The van der Waals surface area contributed by atoms with Gasteiger partial charge in [0, 0.05) is 19.8 Å². The number of anilines is 1. The maximum atomic E-state index is 12.1. The molecule has 3 rings (SSSR count). The molecule has 0 N–H and O–H groups in total. The normalized spacial score (nSPS) is 11.6. The van der Waals surface area contributed by atoms with E-state index in [-0.39, 0.29) is 18.1 Å². The van der Waals surface area contributed by atoms with Crippen molar-refractivity contribution in [2.75, 3.05) is 58.6 Å². The Labute approximate surface area is 220 Å². The topological polar surface area (TPSA) is 74.3 Å². The number of aryl methyl sites for hydroxylation is 1. The highest BCUT2D eigenvalue weighted by Crippen LogP contribution is 2.17. The molecule has 3 aromatic rings. The second-order valence-corrected chi connectivity index (χ2v) is 10.2. The molecule has 0 saturated carbocycles. The van der Waals surface area contributed by atoms with Gasteiger partial charge in [-0.15, -0.1) is 0 Å². The fourth-order valence-corrected chi connectivity index (χ4v) is 4.16. The maximum absolute atomic E-state index is 12.1. The molecule has 7 nitrogen and oxygen atoms in total. The van der Waals surface area contributed by atoms with Crippen LogP contribution in [0.4, 0.5) is 5.69 Å². The molecule has 37 heavy (non-hydrogen) atoms. The number of rotatable bonds is 15. The molecule has 0 bridgehead atoms. The van der Waals surface area contributed by atoms with Crippen molar-refractivity contribution in [1.29, 1.82) is 0 Å². The summed E-state index contributed by atoms with van der Waals surface area (Å²) in [5.41, 5.74) is 4.39. The number of benzene rings is 3. The van der Waals surface area contributed by atoms with E-state index in [4.69, 9.17) is 18.4 Å². The molecule has 0 aromatic heterocycles. The van der Waals surface area contributed by atoms with Crippen LogP contribution in [-0.2, 0) is 23.8 Å². The summed E-state index contributed by atoms with van der Waals surface area (Å²) in [5, 5.41) is 0. The van der Waals surface area contributed by atoms with E-state index < -0.39 is 10.1 Å². The lowest BCUT2D eigenvalue weighted by molar-refractivity contribution is 0.0279. The Morgan fingerprint density at radius 1 is 0.676 bits per heavy atom. The third-order valence-corrected chi connectivity index (χ3v) is 6.73. The Morgan fingerprint density at radius 2 is 1.19 bits per heavy atom. The van der Waals surface area contributed by atoms with Crippen LogP contribution in [0.2, 0.25) is 0 Å². The van der Waals surface area contributed by atoms with Crippen LogP contribution < -0.4 is 9.64 Å². The largest absolute Gasteiger partial charge is 0.491 e. The third-order valence-electron chi connectivity index (χ3n) is 5.40. The van der Waals surface area contributed by atoms with E-state index in [2.05, 4.69) is 41.3 Å². The van der Waals surface area contributed by atoms with Gasteiger partial charge < -0.3 is 19.1 Å². The van der Waals surface area contributed by atoms with Crippen LogP contribution in [0.5, 0.6) is 5.75 Å². The minimum Gasteiger partial charge on any atom is -0.491 e. The van der Waals surface area contributed by atoms with Crippen molar-refractivity contribution >= 4 is 28.0 Å². The molecule has 0 aliphatic carbocycles. The van der Waals surface area contributed by atoms with E-state index in [1.165, 1.54) is 17.8 Å². The van der Waals surface area contributed by atoms with Crippen molar-refractivity contribution in [1.82, 2.24) is 0 Å². The predicted molar refractivity (Wildman–Crippen MR) is 148 cm³/mol. The molecule has 8 heteroatoms. The summed E-state index contributed by atoms with van der Waals surface area (Å²) in [4.78, 5) is 2.21. The van der Waals surface area contributed by atoms with Gasteiger partial charge in [-0.3, -0.25) is 4.18 Å². The summed E-state index contributed by atoms with van der Waals surface area (Å²) < 4.78 is 45.7. The lowest BCUT2D eigenvalue weighted by atomic mass is 10.1. The first kappa shape index (κ1) is 28.4. The zero-order chi connectivity index (χ0) is 26.5. The Morgan fingerprint density at radius 3 is 1.76 bits per heavy atom. The molecule has 0 fully saturated rings. The molecule has 0 saturated heterocycles. The van der Waals surface area contributed by atoms with Crippen molar-refractivity contribution < 1.29 is 26.8 Å². The molecule has 198 valence electrons. The molecular weight excluding hydrogens is 490 g/mol. The highest BCUT2D eigenvalue weighted by atomic mass is 32.2. The van der Waals surface area contributed by atoms with Crippen molar-refractivity contribution in [2.24, 2.45) is 0 Å². The third kappa shape index (κ3) is 10.0. The first-order valence-electron chi connectivity index (χ1n) is 12.1. The van der Waals surface area contributed by atoms with E-state index in [9.17, 15) is 8.42 Å². The van der Waals surface area contributed by atoms with Gasteiger partial charge in [0.05, 0.1) is 37.9 Å².